The third-order valence-electron chi connectivity index (χ3n) is 3.43. The molecule has 2 aromatic carbocycles. The molecule has 0 atom stereocenters. The zero-order chi connectivity index (χ0) is 16.1. The highest BCUT2D eigenvalue weighted by molar-refractivity contribution is 6.02. The van der Waals surface area contributed by atoms with Crippen LogP contribution in [0, 0.1) is 0 Å². The van der Waals surface area contributed by atoms with Crippen molar-refractivity contribution in [1.82, 2.24) is 0 Å². The summed E-state index contributed by atoms with van der Waals surface area (Å²) in [5, 5.41) is 2.78. The molecule has 3 rings (SSSR count). The number of anilines is 2. The molecule has 0 unspecified atom stereocenters. The zero-order valence-corrected chi connectivity index (χ0v) is 12.4. The van der Waals surface area contributed by atoms with Crippen LogP contribution in [-0.2, 0) is 9.53 Å². The maximum atomic E-state index is 11.9. The standard InChI is InChI=1S/C18H16N2O3/c21-17(11-6-14-4-2-1-3-5-14)19-15-7-9-16(10-8-15)20-12-13-23-18(20)22/h1-11H,12-13H2,(H,19,21)/b11-6+. The topological polar surface area (TPSA) is 58.6 Å². The highest BCUT2D eigenvalue weighted by Gasteiger charge is 2.23. The van der Waals surface area contributed by atoms with E-state index >= 15 is 0 Å². The van der Waals surface area contributed by atoms with Crippen LogP contribution in [-0.4, -0.2) is 25.2 Å². The van der Waals surface area contributed by atoms with Crippen LogP contribution in [0.3, 0.4) is 0 Å². The normalized spacial score (nSPS) is 14.1. The van der Waals surface area contributed by atoms with Gasteiger partial charge in [-0.1, -0.05) is 30.3 Å². The Kier molecular flexibility index (Phi) is 4.38. The first kappa shape index (κ1) is 14.8. The zero-order valence-electron chi connectivity index (χ0n) is 12.4. The maximum absolute atomic E-state index is 11.9. The number of rotatable bonds is 4. The molecule has 1 aliphatic heterocycles. The van der Waals surface area contributed by atoms with E-state index in [1.165, 1.54) is 6.08 Å². The number of cyclic esters (lactones) is 1. The average Bonchev–Trinajstić information content (AvgIpc) is 3.01. The predicted octanol–water partition coefficient (Wildman–Crippen LogP) is 3.30. The average molecular weight is 308 g/mol. The summed E-state index contributed by atoms with van der Waals surface area (Å²) in [4.78, 5) is 24.9. The van der Waals surface area contributed by atoms with Crippen molar-refractivity contribution in [3.63, 3.8) is 0 Å². The van der Waals surface area contributed by atoms with Gasteiger partial charge < -0.3 is 10.1 Å². The molecule has 116 valence electrons. The third kappa shape index (κ3) is 3.77. The van der Waals surface area contributed by atoms with Gasteiger partial charge >= 0.3 is 6.09 Å². The Hall–Kier alpha value is -3.08. The summed E-state index contributed by atoms with van der Waals surface area (Å²) >= 11 is 0. The molecule has 2 amide bonds. The Labute approximate surface area is 134 Å². The lowest BCUT2D eigenvalue weighted by atomic mass is 10.2. The SMILES string of the molecule is O=C(/C=C/c1ccccc1)Nc1ccc(N2CCOC2=O)cc1. The van der Waals surface area contributed by atoms with Crippen LogP contribution in [0.1, 0.15) is 5.56 Å². The molecule has 0 aliphatic carbocycles. The molecule has 1 fully saturated rings. The van der Waals surface area contributed by atoms with Gasteiger partial charge in [-0.15, -0.1) is 0 Å². The molecule has 5 nitrogen and oxygen atoms in total. The first-order valence-electron chi connectivity index (χ1n) is 7.31. The molecule has 1 N–H and O–H groups in total. The van der Waals surface area contributed by atoms with E-state index in [1.54, 1.807) is 35.2 Å². The van der Waals surface area contributed by atoms with Crippen LogP contribution < -0.4 is 10.2 Å². The van der Waals surface area contributed by atoms with Crippen molar-refractivity contribution in [1.29, 1.82) is 0 Å². The van der Waals surface area contributed by atoms with E-state index in [0.29, 0.717) is 18.8 Å². The monoisotopic (exact) mass is 308 g/mol. The number of hydrogen-bond donors (Lipinski definition) is 1. The molecule has 23 heavy (non-hydrogen) atoms. The number of benzene rings is 2. The summed E-state index contributed by atoms with van der Waals surface area (Å²) in [6.45, 7) is 0.950. The van der Waals surface area contributed by atoms with Gasteiger partial charge in [0.2, 0.25) is 5.91 Å². The fourth-order valence-electron chi connectivity index (χ4n) is 2.27. The van der Waals surface area contributed by atoms with Gasteiger partial charge in [-0.05, 0) is 35.9 Å². The summed E-state index contributed by atoms with van der Waals surface area (Å²) in [6, 6.07) is 16.7. The number of carbonyl (C=O) groups excluding carboxylic acids is 2. The Bertz CT molecular complexity index is 724. The van der Waals surface area contributed by atoms with Gasteiger partial charge in [0.05, 0.1) is 6.54 Å². The molecule has 0 aromatic heterocycles. The van der Waals surface area contributed by atoms with Gasteiger partial charge in [0, 0.05) is 17.5 Å². The number of amides is 2. The van der Waals surface area contributed by atoms with E-state index < -0.39 is 0 Å². The molecule has 5 heteroatoms. The number of ether oxygens (including phenoxy) is 1. The van der Waals surface area contributed by atoms with E-state index in [2.05, 4.69) is 5.32 Å². The lowest BCUT2D eigenvalue weighted by molar-refractivity contribution is -0.111. The molecule has 0 radical (unpaired) electrons. The Balaban J connectivity index is 1.61. The second kappa shape index (κ2) is 6.79. The van der Waals surface area contributed by atoms with Crippen molar-refractivity contribution in [3.05, 3.63) is 66.2 Å². The summed E-state index contributed by atoms with van der Waals surface area (Å²) in [7, 11) is 0. The van der Waals surface area contributed by atoms with Crippen molar-refractivity contribution in [2.24, 2.45) is 0 Å². The lowest BCUT2D eigenvalue weighted by Gasteiger charge is -2.13. The maximum Gasteiger partial charge on any atom is 0.414 e. The molecular formula is C18H16N2O3. The lowest BCUT2D eigenvalue weighted by Crippen LogP contribution is -2.23. The summed E-state index contributed by atoms with van der Waals surface area (Å²) in [5.74, 6) is -0.206. The molecule has 1 aliphatic rings. The van der Waals surface area contributed by atoms with Gasteiger partial charge in [0.25, 0.3) is 0 Å². The highest BCUT2D eigenvalue weighted by atomic mass is 16.6. The van der Waals surface area contributed by atoms with Crippen molar-refractivity contribution < 1.29 is 14.3 Å². The number of nitrogens with zero attached hydrogens (tertiary/aromatic N) is 1. The van der Waals surface area contributed by atoms with E-state index in [1.807, 2.05) is 30.3 Å². The summed E-state index contributed by atoms with van der Waals surface area (Å²) < 4.78 is 4.90. The molecule has 1 heterocycles. The first-order valence-corrected chi connectivity index (χ1v) is 7.31. The minimum Gasteiger partial charge on any atom is -0.447 e. The fourth-order valence-corrected chi connectivity index (χ4v) is 2.27. The molecule has 0 saturated carbocycles. The van der Waals surface area contributed by atoms with Crippen LogP contribution in [0.4, 0.5) is 16.2 Å². The van der Waals surface area contributed by atoms with Crippen molar-refractivity contribution in [2.45, 2.75) is 0 Å². The number of carbonyl (C=O) groups is 2. The summed E-state index contributed by atoms with van der Waals surface area (Å²) in [5.41, 5.74) is 2.39. The van der Waals surface area contributed by atoms with Gasteiger partial charge in [-0.2, -0.15) is 0 Å². The molecular weight excluding hydrogens is 292 g/mol. The second-order valence-corrected chi connectivity index (χ2v) is 5.05. The Morgan fingerprint density at radius 1 is 1.09 bits per heavy atom. The van der Waals surface area contributed by atoms with Gasteiger partial charge in [0.1, 0.15) is 6.61 Å². The number of hydrogen-bond acceptors (Lipinski definition) is 3. The fraction of sp³-hybridized carbons (Fsp3) is 0.111. The van der Waals surface area contributed by atoms with E-state index in [0.717, 1.165) is 11.3 Å². The van der Waals surface area contributed by atoms with Crippen LogP contribution in [0.2, 0.25) is 0 Å². The third-order valence-corrected chi connectivity index (χ3v) is 3.43. The largest absolute Gasteiger partial charge is 0.447 e. The minimum atomic E-state index is -0.340. The van der Waals surface area contributed by atoms with Crippen LogP contribution in [0.5, 0.6) is 0 Å². The Morgan fingerprint density at radius 2 is 1.83 bits per heavy atom. The van der Waals surface area contributed by atoms with Gasteiger partial charge in [0.15, 0.2) is 0 Å². The quantitative estimate of drug-likeness (QED) is 0.882. The van der Waals surface area contributed by atoms with Gasteiger partial charge in [-0.25, -0.2) is 4.79 Å². The first-order chi connectivity index (χ1) is 11.2. The molecule has 1 saturated heterocycles. The highest BCUT2D eigenvalue weighted by Crippen LogP contribution is 2.21. The minimum absolute atomic E-state index is 0.206. The van der Waals surface area contributed by atoms with Gasteiger partial charge in [-0.3, -0.25) is 9.69 Å². The van der Waals surface area contributed by atoms with Crippen LogP contribution in [0.15, 0.2) is 60.7 Å². The van der Waals surface area contributed by atoms with E-state index in [9.17, 15) is 9.59 Å². The van der Waals surface area contributed by atoms with Crippen molar-refractivity contribution >= 4 is 29.5 Å². The predicted molar refractivity (Wildman–Crippen MR) is 89.2 cm³/mol. The summed E-state index contributed by atoms with van der Waals surface area (Å²) in [6.07, 6.45) is 2.90. The smallest absolute Gasteiger partial charge is 0.414 e. The second-order valence-electron chi connectivity index (χ2n) is 5.05. The van der Waals surface area contributed by atoms with E-state index in [4.69, 9.17) is 4.74 Å². The van der Waals surface area contributed by atoms with Crippen LogP contribution >= 0.6 is 0 Å². The number of nitrogens with one attached hydrogen (secondary N) is 1. The molecule has 0 spiro atoms. The molecule has 2 aromatic rings. The van der Waals surface area contributed by atoms with Crippen molar-refractivity contribution in [3.8, 4) is 0 Å². The van der Waals surface area contributed by atoms with E-state index in [-0.39, 0.29) is 12.0 Å². The van der Waals surface area contributed by atoms with Crippen LogP contribution in [0.25, 0.3) is 6.08 Å². The molecule has 0 bridgehead atoms. The van der Waals surface area contributed by atoms with Crippen molar-refractivity contribution in [2.75, 3.05) is 23.4 Å². The Morgan fingerprint density at radius 3 is 2.48 bits per heavy atom.